The molecule has 2 aromatic rings. The van der Waals surface area contributed by atoms with E-state index >= 15 is 0 Å². The zero-order chi connectivity index (χ0) is 14.7. The van der Waals surface area contributed by atoms with Gasteiger partial charge in [0.2, 0.25) is 5.89 Å². The molecule has 0 radical (unpaired) electrons. The van der Waals surface area contributed by atoms with Gasteiger partial charge in [-0.25, -0.2) is 0 Å². The largest absolute Gasteiger partial charge is 0.497 e. The number of methoxy groups -OCH3 is 1. The molecule has 3 rings (SSSR count). The van der Waals surface area contributed by atoms with Gasteiger partial charge < -0.3 is 14.6 Å². The summed E-state index contributed by atoms with van der Waals surface area (Å²) in [6.45, 7) is 3.14. The van der Waals surface area contributed by atoms with Crippen LogP contribution in [-0.2, 0) is 12.0 Å². The first-order chi connectivity index (χ1) is 10.2. The molecule has 1 unspecified atom stereocenters. The Morgan fingerprint density at radius 3 is 2.68 bits per heavy atom. The summed E-state index contributed by atoms with van der Waals surface area (Å²) < 4.78 is 10.6. The number of rotatable bonds is 4. The van der Waals surface area contributed by atoms with Crippen LogP contribution in [-0.4, -0.2) is 23.8 Å². The molecule has 0 amide bonds. The van der Waals surface area contributed by atoms with Crippen LogP contribution in [0.1, 0.15) is 43.5 Å². The molecule has 0 saturated carbocycles. The normalized spacial score (nSPS) is 21.2. The fraction of sp³-hybridized carbons (Fsp3) is 0.500. The molecule has 6 heteroatoms. The lowest BCUT2D eigenvalue weighted by Crippen LogP contribution is -2.43. The van der Waals surface area contributed by atoms with Crippen LogP contribution in [0.5, 0.6) is 5.75 Å². The minimum Gasteiger partial charge on any atom is -0.497 e. The molecule has 1 aliphatic rings. The molecule has 22 heavy (non-hydrogen) atoms. The third kappa shape index (κ3) is 3.59. The molecule has 0 spiro atoms. The topological polar surface area (TPSA) is 60.2 Å². The average molecular weight is 324 g/mol. The number of piperidine rings is 1. The van der Waals surface area contributed by atoms with Gasteiger partial charge in [-0.15, -0.1) is 12.4 Å². The summed E-state index contributed by atoms with van der Waals surface area (Å²) in [5, 5.41) is 7.61. The molecule has 0 aliphatic carbocycles. The minimum atomic E-state index is -0.177. The molecule has 2 heterocycles. The van der Waals surface area contributed by atoms with E-state index in [2.05, 4.69) is 22.4 Å². The summed E-state index contributed by atoms with van der Waals surface area (Å²) >= 11 is 0. The van der Waals surface area contributed by atoms with E-state index < -0.39 is 0 Å². The number of ether oxygens (including phenoxy) is 1. The molecule has 1 aromatic heterocycles. The number of benzene rings is 1. The second-order valence-electron chi connectivity index (χ2n) is 5.76. The van der Waals surface area contributed by atoms with Crippen LogP contribution in [0.25, 0.3) is 0 Å². The van der Waals surface area contributed by atoms with Crippen molar-refractivity contribution in [2.24, 2.45) is 0 Å². The fourth-order valence-corrected chi connectivity index (χ4v) is 2.71. The molecular weight excluding hydrogens is 302 g/mol. The number of halogens is 1. The van der Waals surface area contributed by atoms with Crippen LogP contribution >= 0.6 is 12.4 Å². The zero-order valence-corrected chi connectivity index (χ0v) is 13.8. The van der Waals surface area contributed by atoms with Crippen LogP contribution in [0.15, 0.2) is 28.8 Å². The molecule has 1 aliphatic heterocycles. The SMILES string of the molecule is COc1ccc(Cc2noc(C3(C)CCCCN3)n2)cc1.Cl. The van der Waals surface area contributed by atoms with Gasteiger partial charge in [-0.1, -0.05) is 17.3 Å². The highest BCUT2D eigenvalue weighted by molar-refractivity contribution is 5.85. The van der Waals surface area contributed by atoms with Crippen molar-refractivity contribution in [3.8, 4) is 5.75 Å². The van der Waals surface area contributed by atoms with E-state index in [-0.39, 0.29) is 17.9 Å². The molecule has 5 nitrogen and oxygen atoms in total. The van der Waals surface area contributed by atoms with E-state index in [1.165, 1.54) is 12.8 Å². The fourth-order valence-electron chi connectivity index (χ4n) is 2.71. The van der Waals surface area contributed by atoms with E-state index in [9.17, 15) is 0 Å². The average Bonchev–Trinajstić information content (AvgIpc) is 2.98. The third-order valence-electron chi connectivity index (χ3n) is 4.08. The van der Waals surface area contributed by atoms with Crippen LogP contribution in [0.2, 0.25) is 0 Å². The van der Waals surface area contributed by atoms with Gasteiger partial charge in [0.15, 0.2) is 5.82 Å². The molecule has 1 fully saturated rings. The number of hydrogen-bond donors (Lipinski definition) is 1. The standard InChI is InChI=1S/C16H21N3O2.ClH/c1-16(9-3-4-10-17-16)15-18-14(19-21-15)11-12-5-7-13(20-2)8-6-12;/h5-8,17H,3-4,9-11H2,1-2H3;1H. The van der Waals surface area contributed by atoms with E-state index in [1.54, 1.807) is 7.11 Å². The van der Waals surface area contributed by atoms with E-state index in [1.807, 2.05) is 24.3 Å². The maximum absolute atomic E-state index is 5.48. The van der Waals surface area contributed by atoms with Gasteiger partial charge in [0, 0.05) is 6.42 Å². The van der Waals surface area contributed by atoms with Gasteiger partial charge in [-0.05, 0) is 50.4 Å². The van der Waals surface area contributed by atoms with Crippen molar-refractivity contribution in [1.29, 1.82) is 0 Å². The summed E-state index contributed by atoms with van der Waals surface area (Å²) in [5.41, 5.74) is 0.966. The maximum atomic E-state index is 5.48. The predicted octanol–water partition coefficient (Wildman–Crippen LogP) is 3.08. The number of nitrogens with one attached hydrogen (secondary N) is 1. The Morgan fingerprint density at radius 1 is 1.27 bits per heavy atom. The second-order valence-corrected chi connectivity index (χ2v) is 5.76. The molecule has 1 aromatic carbocycles. The zero-order valence-electron chi connectivity index (χ0n) is 13.0. The van der Waals surface area contributed by atoms with Crippen LogP contribution in [0.4, 0.5) is 0 Å². The van der Waals surface area contributed by atoms with Crippen molar-refractivity contribution in [2.75, 3.05) is 13.7 Å². The quantitative estimate of drug-likeness (QED) is 0.937. The van der Waals surface area contributed by atoms with Crippen molar-refractivity contribution in [3.63, 3.8) is 0 Å². The van der Waals surface area contributed by atoms with Gasteiger partial charge in [-0.3, -0.25) is 0 Å². The highest BCUT2D eigenvalue weighted by Crippen LogP contribution is 2.28. The van der Waals surface area contributed by atoms with Crippen molar-refractivity contribution in [3.05, 3.63) is 41.5 Å². The Hall–Kier alpha value is -1.59. The third-order valence-corrected chi connectivity index (χ3v) is 4.08. The highest BCUT2D eigenvalue weighted by atomic mass is 35.5. The van der Waals surface area contributed by atoms with Crippen LogP contribution in [0, 0.1) is 0 Å². The molecular formula is C16H22ClN3O2. The monoisotopic (exact) mass is 323 g/mol. The Balaban J connectivity index is 0.00000176. The lowest BCUT2D eigenvalue weighted by atomic mass is 9.91. The second kappa shape index (κ2) is 7.11. The van der Waals surface area contributed by atoms with E-state index in [0.29, 0.717) is 12.3 Å². The Labute approximate surface area is 136 Å². The molecule has 1 saturated heterocycles. The first-order valence-corrected chi connectivity index (χ1v) is 7.41. The molecule has 1 N–H and O–H groups in total. The molecule has 0 bridgehead atoms. The van der Waals surface area contributed by atoms with Gasteiger partial charge in [0.05, 0.1) is 12.6 Å². The first-order valence-electron chi connectivity index (χ1n) is 7.41. The molecule has 120 valence electrons. The summed E-state index contributed by atoms with van der Waals surface area (Å²) in [4.78, 5) is 4.57. The summed E-state index contributed by atoms with van der Waals surface area (Å²) in [7, 11) is 1.67. The maximum Gasteiger partial charge on any atom is 0.246 e. The van der Waals surface area contributed by atoms with Crippen molar-refractivity contribution >= 4 is 12.4 Å². The van der Waals surface area contributed by atoms with Crippen molar-refractivity contribution < 1.29 is 9.26 Å². The Morgan fingerprint density at radius 2 is 2.05 bits per heavy atom. The Bertz CT molecular complexity index is 592. The van der Waals surface area contributed by atoms with Gasteiger partial charge >= 0.3 is 0 Å². The summed E-state index contributed by atoms with van der Waals surface area (Å²) in [5.74, 6) is 2.28. The van der Waals surface area contributed by atoms with E-state index in [4.69, 9.17) is 9.26 Å². The summed E-state index contributed by atoms with van der Waals surface area (Å²) in [6, 6.07) is 7.94. The van der Waals surface area contributed by atoms with Crippen LogP contribution < -0.4 is 10.1 Å². The van der Waals surface area contributed by atoms with Crippen molar-refractivity contribution in [1.82, 2.24) is 15.5 Å². The number of nitrogens with zero attached hydrogens (tertiary/aromatic N) is 2. The first kappa shape index (κ1) is 16.8. The lowest BCUT2D eigenvalue weighted by molar-refractivity contribution is 0.206. The summed E-state index contributed by atoms with van der Waals surface area (Å²) in [6.07, 6.45) is 4.11. The van der Waals surface area contributed by atoms with Gasteiger partial charge in [0.1, 0.15) is 5.75 Å². The number of aromatic nitrogens is 2. The van der Waals surface area contributed by atoms with Crippen LogP contribution in [0.3, 0.4) is 0 Å². The lowest BCUT2D eigenvalue weighted by Gasteiger charge is -2.31. The van der Waals surface area contributed by atoms with Gasteiger partial charge in [-0.2, -0.15) is 4.98 Å². The van der Waals surface area contributed by atoms with Crippen molar-refractivity contribution in [2.45, 2.75) is 38.1 Å². The Kier molecular flexibility index (Phi) is 5.42. The van der Waals surface area contributed by atoms with Gasteiger partial charge in [0.25, 0.3) is 0 Å². The minimum absolute atomic E-state index is 0. The molecule has 1 atom stereocenters. The smallest absolute Gasteiger partial charge is 0.246 e. The highest BCUT2D eigenvalue weighted by Gasteiger charge is 2.34. The van der Waals surface area contributed by atoms with E-state index in [0.717, 1.165) is 30.1 Å². The predicted molar refractivity (Wildman–Crippen MR) is 86.6 cm³/mol. The number of hydrogen-bond acceptors (Lipinski definition) is 5.